The molecular weight excluding hydrogens is 324 g/mol. The van der Waals surface area contributed by atoms with Crippen LogP contribution in [0.4, 0.5) is 5.69 Å². The summed E-state index contributed by atoms with van der Waals surface area (Å²) in [4.78, 5) is 4.16. The van der Waals surface area contributed by atoms with Gasteiger partial charge in [-0.15, -0.1) is 0 Å². The first-order valence-electron chi connectivity index (χ1n) is 4.29. The Labute approximate surface area is 116 Å². The second kappa shape index (κ2) is 6.51. The van der Waals surface area contributed by atoms with E-state index in [9.17, 15) is 0 Å². The molecule has 0 saturated heterocycles. The third-order valence-electron chi connectivity index (χ3n) is 1.74. The van der Waals surface area contributed by atoms with Gasteiger partial charge >= 0.3 is 0 Å². The number of amidine groups is 1. The predicted molar refractivity (Wildman–Crippen MR) is 73.2 cm³/mol. The van der Waals surface area contributed by atoms with E-state index in [1.807, 2.05) is 6.07 Å². The van der Waals surface area contributed by atoms with Crippen LogP contribution < -0.4 is 5.32 Å². The summed E-state index contributed by atoms with van der Waals surface area (Å²) in [5, 5.41) is 20.8. The fourth-order valence-electron chi connectivity index (χ4n) is 1.00. The smallest absolute Gasteiger partial charge is 0.183 e. The molecule has 0 bridgehead atoms. The summed E-state index contributed by atoms with van der Waals surface area (Å²) in [7, 11) is 0. The Bertz CT molecular complexity index is 544. The molecule has 0 radical (unpaired) electrons. The molecule has 86 valence electrons. The largest absolute Gasteiger partial charge is 0.271 e. The van der Waals surface area contributed by atoms with Gasteiger partial charge in [0.1, 0.15) is 6.07 Å². The normalized spacial score (nSPS) is 10.5. The monoisotopic (exact) mass is 328 g/mol. The molecule has 0 heterocycles. The van der Waals surface area contributed by atoms with Crippen LogP contribution in [0.15, 0.2) is 21.6 Å². The van der Waals surface area contributed by atoms with E-state index >= 15 is 0 Å². The lowest BCUT2D eigenvalue weighted by Crippen LogP contribution is -2.12. The van der Waals surface area contributed by atoms with Gasteiger partial charge in [0.15, 0.2) is 11.4 Å². The molecule has 7 heteroatoms. The highest BCUT2D eigenvalue weighted by Gasteiger charge is 2.07. The molecule has 0 aliphatic heterocycles. The van der Waals surface area contributed by atoms with E-state index in [1.165, 1.54) is 11.8 Å². The molecule has 0 unspecified atom stereocenters. The van der Waals surface area contributed by atoms with Crippen LogP contribution in [-0.2, 0) is 0 Å². The van der Waals surface area contributed by atoms with Gasteiger partial charge in [0.05, 0.1) is 16.3 Å². The van der Waals surface area contributed by atoms with Gasteiger partial charge in [-0.3, -0.25) is 5.32 Å². The van der Waals surface area contributed by atoms with Crippen LogP contribution in [0.25, 0.3) is 0 Å². The van der Waals surface area contributed by atoms with Gasteiger partial charge in [0, 0.05) is 4.47 Å². The molecule has 0 atom stereocenters. The average Bonchev–Trinajstić information content (AvgIpc) is 2.32. The van der Waals surface area contributed by atoms with Crippen molar-refractivity contribution in [2.45, 2.75) is 0 Å². The van der Waals surface area contributed by atoms with Crippen molar-refractivity contribution in [2.24, 2.45) is 4.99 Å². The lowest BCUT2D eigenvalue weighted by Gasteiger charge is -2.03. The summed E-state index contributed by atoms with van der Waals surface area (Å²) in [6, 6.07) is 5.18. The number of thioether (sulfide) groups is 1. The van der Waals surface area contributed by atoms with Crippen LogP contribution in [0.3, 0.4) is 0 Å². The van der Waals surface area contributed by atoms with Crippen molar-refractivity contribution in [3.05, 3.63) is 27.2 Å². The minimum atomic E-state index is 0.382. The number of benzene rings is 1. The number of nitrogens with one attached hydrogen (secondary N) is 1. The SMILES string of the molecule is CSC(=Nc1cc(Cl)c(Br)cc1C#N)NC#N. The topological polar surface area (TPSA) is 72.0 Å². The van der Waals surface area contributed by atoms with Crippen molar-refractivity contribution in [1.29, 1.82) is 10.5 Å². The van der Waals surface area contributed by atoms with E-state index in [0.717, 1.165) is 0 Å². The molecule has 0 saturated carbocycles. The summed E-state index contributed by atoms with van der Waals surface area (Å²) in [5.41, 5.74) is 0.806. The minimum absolute atomic E-state index is 0.382. The van der Waals surface area contributed by atoms with E-state index in [1.54, 1.807) is 24.6 Å². The Kier molecular flexibility index (Phi) is 5.30. The van der Waals surface area contributed by atoms with Crippen molar-refractivity contribution in [1.82, 2.24) is 5.32 Å². The minimum Gasteiger partial charge on any atom is -0.271 e. The zero-order chi connectivity index (χ0) is 12.8. The van der Waals surface area contributed by atoms with E-state index in [0.29, 0.717) is 25.9 Å². The molecule has 17 heavy (non-hydrogen) atoms. The summed E-state index contributed by atoms with van der Waals surface area (Å²) < 4.78 is 0.633. The van der Waals surface area contributed by atoms with E-state index in [-0.39, 0.29) is 0 Å². The Morgan fingerprint density at radius 3 is 2.76 bits per heavy atom. The maximum absolute atomic E-state index is 8.97. The van der Waals surface area contributed by atoms with Crippen LogP contribution >= 0.6 is 39.3 Å². The maximum Gasteiger partial charge on any atom is 0.183 e. The van der Waals surface area contributed by atoms with E-state index < -0.39 is 0 Å². The molecule has 0 amide bonds. The van der Waals surface area contributed by atoms with Gasteiger partial charge in [-0.1, -0.05) is 23.4 Å². The van der Waals surface area contributed by atoms with Gasteiger partial charge in [-0.05, 0) is 34.3 Å². The lowest BCUT2D eigenvalue weighted by molar-refractivity contribution is 1.27. The number of nitriles is 2. The molecule has 0 spiro atoms. The first-order valence-corrected chi connectivity index (χ1v) is 6.69. The maximum atomic E-state index is 8.97. The van der Waals surface area contributed by atoms with Gasteiger partial charge in [0.25, 0.3) is 0 Å². The number of halogens is 2. The Morgan fingerprint density at radius 1 is 1.53 bits per heavy atom. The molecule has 1 rings (SSSR count). The third kappa shape index (κ3) is 3.64. The van der Waals surface area contributed by atoms with Gasteiger partial charge in [-0.2, -0.15) is 10.5 Å². The Hall–Kier alpha value is -1.21. The summed E-state index contributed by atoms with van der Waals surface area (Å²) >= 11 is 10.4. The van der Waals surface area contributed by atoms with Crippen LogP contribution in [0.1, 0.15) is 5.56 Å². The molecule has 1 aromatic rings. The van der Waals surface area contributed by atoms with Crippen molar-refractivity contribution in [3.63, 3.8) is 0 Å². The number of nitrogens with zero attached hydrogens (tertiary/aromatic N) is 3. The second-order valence-electron chi connectivity index (χ2n) is 2.75. The molecule has 0 fully saturated rings. The fourth-order valence-corrected chi connectivity index (χ4v) is 1.84. The lowest BCUT2D eigenvalue weighted by atomic mass is 10.2. The van der Waals surface area contributed by atoms with Crippen molar-refractivity contribution in [3.8, 4) is 12.3 Å². The molecular formula is C10H6BrClN4S. The summed E-state index contributed by atoms with van der Waals surface area (Å²) in [5.74, 6) is 0. The highest BCUT2D eigenvalue weighted by molar-refractivity contribution is 9.10. The highest BCUT2D eigenvalue weighted by atomic mass is 79.9. The van der Waals surface area contributed by atoms with E-state index in [4.69, 9.17) is 22.1 Å². The molecule has 0 aliphatic carbocycles. The van der Waals surface area contributed by atoms with Crippen molar-refractivity contribution < 1.29 is 0 Å². The number of hydrogen-bond acceptors (Lipinski definition) is 4. The van der Waals surface area contributed by atoms with Crippen molar-refractivity contribution in [2.75, 3.05) is 6.26 Å². The number of rotatable bonds is 1. The third-order valence-corrected chi connectivity index (χ3v) is 3.51. The molecule has 0 aromatic heterocycles. The Morgan fingerprint density at radius 2 is 2.24 bits per heavy atom. The van der Waals surface area contributed by atoms with Crippen LogP contribution in [0.2, 0.25) is 5.02 Å². The average molecular weight is 330 g/mol. The first kappa shape index (κ1) is 13.9. The first-order chi connectivity index (χ1) is 8.12. The molecule has 1 aromatic carbocycles. The second-order valence-corrected chi connectivity index (χ2v) is 4.81. The quantitative estimate of drug-likeness (QED) is 0.371. The van der Waals surface area contributed by atoms with Crippen LogP contribution in [0.5, 0.6) is 0 Å². The fraction of sp³-hybridized carbons (Fsp3) is 0.100. The highest BCUT2D eigenvalue weighted by Crippen LogP contribution is 2.31. The number of aliphatic imine (C=N–C) groups is 1. The standard InChI is InChI=1S/C10H6BrClN4S/c1-17-10(15-5-14)16-9-3-8(12)7(11)2-6(9)4-13/h2-3H,1H3,(H,15,16). The van der Waals surface area contributed by atoms with Gasteiger partial charge < -0.3 is 0 Å². The molecule has 0 aliphatic rings. The van der Waals surface area contributed by atoms with Crippen LogP contribution in [-0.4, -0.2) is 11.4 Å². The Balaban J connectivity index is 3.27. The van der Waals surface area contributed by atoms with Gasteiger partial charge in [0.2, 0.25) is 0 Å². The van der Waals surface area contributed by atoms with Crippen molar-refractivity contribution >= 4 is 50.1 Å². The van der Waals surface area contributed by atoms with Gasteiger partial charge in [-0.25, -0.2) is 4.99 Å². The summed E-state index contributed by atoms with van der Waals surface area (Å²) in [6.45, 7) is 0. The van der Waals surface area contributed by atoms with Crippen LogP contribution in [0, 0.1) is 22.8 Å². The zero-order valence-corrected chi connectivity index (χ0v) is 11.8. The summed E-state index contributed by atoms with van der Waals surface area (Å²) in [6.07, 6.45) is 3.55. The predicted octanol–water partition coefficient (Wildman–Crippen LogP) is 3.40. The number of hydrogen-bond donors (Lipinski definition) is 1. The zero-order valence-electron chi connectivity index (χ0n) is 8.66. The molecule has 4 nitrogen and oxygen atoms in total. The molecule has 1 N–H and O–H groups in total. The van der Waals surface area contributed by atoms with E-state index in [2.05, 4.69) is 26.2 Å².